The highest BCUT2D eigenvalue weighted by molar-refractivity contribution is 5.85. The second kappa shape index (κ2) is 11.0. The molecule has 3 aliphatic rings. The molecule has 164 valence electrons. The van der Waals surface area contributed by atoms with Crippen molar-refractivity contribution in [3.63, 3.8) is 0 Å². The molecule has 0 spiro atoms. The molecule has 6 heteroatoms. The average Bonchev–Trinajstić information content (AvgIpc) is 3.08. The standard InChI is InChI=1S/C23H35N3O.2ClH/c1-25(23(27)21-12-19-8-5-9-20(13-21)22(19)24)14-18-10-11-26(16-18)15-17-6-3-2-4-7-17;;/h2-4,6-7,18-22H,5,8-16,24H2,1H3;2*1H. The number of likely N-dealkylation sites (tertiary alicyclic amines) is 1. The predicted octanol–water partition coefficient (Wildman–Crippen LogP) is 3.96. The van der Waals surface area contributed by atoms with Gasteiger partial charge in [0.2, 0.25) is 5.91 Å². The first-order chi connectivity index (χ1) is 13.1. The van der Waals surface area contributed by atoms with Gasteiger partial charge in [0.05, 0.1) is 0 Å². The number of nitrogens with zero attached hydrogens (tertiary/aromatic N) is 2. The fourth-order valence-electron chi connectivity index (χ4n) is 5.83. The number of carbonyl (C=O) groups is 1. The number of carbonyl (C=O) groups excluding carboxylic acids is 1. The number of nitrogens with two attached hydrogens (primary N) is 1. The van der Waals surface area contributed by atoms with Crippen molar-refractivity contribution in [1.82, 2.24) is 9.80 Å². The minimum Gasteiger partial charge on any atom is -0.345 e. The molecule has 2 aliphatic carbocycles. The van der Waals surface area contributed by atoms with E-state index in [4.69, 9.17) is 5.73 Å². The number of fused-ring (bicyclic) bond motifs is 2. The number of rotatable bonds is 5. The third kappa shape index (κ3) is 5.88. The Morgan fingerprint density at radius 1 is 1.10 bits per heavy atom. The molecule has 2 N–H and O–H groups in total. The average molecular weight is 442 g/mol. The summed E-state index contributed by atoms with van der Waals surface area (Å²) in [5.74, 6) is 2.35. The molecule has 0 aromatic heterocycles. The highest BCUT2D eigenvalue weighted by atomic mass is 35.5. The first kappa shape index (κ1) is 24.5. The third-order valence-corrected chi connectivity index (χ3v) is 7.29. The van der Waals surface area contributed by atoms with Gasteiger partial charge >= 0.3 is 0 Å². The fraction of sp³-hybridized carbons (Fsp3) is 0.696. The van der Waals surface area contributed by atoms with Crippen LogP contribution < -0.4 is 5.73 Å². The molecule has 1 aliphatic heterocycles. The first-order valence-corrected chi connectivity index (χ1v) is 10.9. The van der Waals surface area contributed by atoms with Gasteiger partial charge < -0.3 is 10.6 Å². The molecular formula is C23H37Cl2N3O. The summed E-state index contributed by atoms with van der Waals surface area (Å²) in [5, 5.41) is 0. The number of benzene rings is 1. The number of hydrogen-bond acceptors (Lipinski definition) is 3. The SMILES string of the molecule is CN(CC1CCN(Cc2ccccc2)C1)C(=O)C1CC2CCCC(C1)C2N.Cl.Cl. The minimum atomic E-state index is 0. The molecule has 1 aromatic carbocycles. The van der Waals surface area contributed by atoms with Crippen molar-refractivity contribution in [2.75, 3.05) is 26.7 Å². The third-order valence-electron chi connectivity index (χ3n) is 7.29. The van der Waals surface area contributed by atoms with Gasteiger partial charge in [-0.05, 0) is 62.0 Å². The lowest BCUT2D eigenvalue weighted by molar-refractivity contribution is -0.137. The van der Waals surface area contributed by atoms with Crippen molar-refractivity contribution in [3.05, 3.63) is 35.9 Å². The summed E-state index contributed by atoms with van der Waals surface area (Å²) in [6.45, 7) is 4.18. The Morgan fingerprint density at radius 3 is 2.41 bits per heavy atom. The molecule has 2 saturated carbocycles. The van der Waals surface area contributed by atoms with Crippen LogP contribution in [-0.2, 0) is 11.3 Å². The lowest BCUT2D eigenvalue weighted by Gasteiger charge is -2.44. The van der Waals surface area contributed by atoms with E-state index < -0.39 is 0 Å². The van der Waals surface area contributed by atoms with Crippen molar-refractivity contribution < 1.29 is 4.79 Å². The fourth-order valence-corrected chi connectivity index (χ4v) is 5.83. The van der Waals surface area contributed by atoms with Gasteiger partial charge in [0.25, 0.3) is 0 Å². The van der Waals surface area contributed by atoms with Crippen LogP contribution >= 0.6 is 24.8 Å². The van der Waals surface area contributed by atoms with Gasteiger partial charge in [-0.25, -0.2) is 0 Å². The van der Waals surface area contributed by atoms with E-state index in [0.29, 0.717) is 29.7 Å². The van der Waals surface area contributed by atoms with Gasteiger partial charge in [0.15, 0.2) is 0 Å². The predicted molar refractivity (Wildman–Crippen MR) is 123 cm³/mol. The molecule has 2 bridgehead atoms. The van der Waals surface area contributed by atoms with Crippen LogP contribution in [0, 0.1) is 23.7 Å². The molecule has 1 heterocycles. The normalized spacial score (nSPS) is 31.4. The number of amides is 1. The zero-order valence-corrected chi connectivity index (χ0v) is 19.2. The quantitative estimate of drug-likeness (QED) is 0.751. The molecule has 1 amide bonds. The highest BCUT2D eigenvalue weighted by Crippen LogP contribution is 2.42. The first-order valence-electron chi connectivity index (χ1n) is 10.9. The highest BCUT2D eigenvalue weighted by Gasteiger charge is 2.41. The maximum Gasteiger partial charge on any atom is 0.225 e. The second-order valence-corrected chi connectivity index (χ2v) is 9.29. The van der Waals surface area contributed by atoms with E-state index in [-0.39, 0.29) is 30.7 Å². The Kier molecular flexibility index (Phi) is 9.27. The van der Waals surface area contributed by atoms with Crippen molar-refractivity contribution in [2.24, 2.45) is 29.4 Å². The zero-order valence-electron chi connectivity index (χ0n) is 17.5. The van der Waals surface area contributed by atoms with Crippen LogP contribution in [0.15, 0.2) is 30.3 Å². The topological polar surface area (TPSA) is 49.6 Å². The maximum atomic E-state index is 13.1. The Labute approximate surface area is 188 Å². The monoisotopic (exact) mass is 441 g/mol. The van der Waals surface area contributed by atoms with Crippen LogP contribution in [0.25, 0.3) is 0 Å². The van der Waals surface area contributed by atoms with Gasteiger partial charge in [-0.3, -0.25) is 9.69 Å². The number of halogens is 2. The van der Waals surface area contributed by atoms with E-state index in [2.05, 4.69) is 35.2 Å². The molecule has 29 heavy (non-hydrogen) atoms. The van der Waals surface area contributed by atoms with E-state index >= 15 is 0 Å². The van der Waals surface area contributed by atoms with Gasteiger partial charge in [0, 0.05) is 38.6 Å². The summed E-state index contributed by atoms with van der Waals surface area (Å²) in [4.78, 5) is 17.6. The van der Waals surface area contributed by atoms with Crippen LogP contribution in [0.5, 0.6) is 0 Å². The van der Waals surface area contributed by atoms with Gasteiger partial charge in [-0.15, -0.1) is 24.8 Å². The summed E-state index contributed by atoms with van der Waals surface area (Å²) in [6.07, 6.45) is 6.99. The number of hydrogen-bond donors (Lipinski definition) is 1. The van der Waals surface area contributed by atoms with Gasteiger partial charge in [-0.2, -0.15) is 0 Å². The van der Waals surface area contributed by atoms with Crippen LogP contribution in [0.1, 0.15) is 44.1 Å². The van der Waals surface area contributed by atoms with Crippen LogP contribution in [0.4, 0.5) is 0 Å². The van der Waals surface area contributed by atoms with E-state index in [0.717, 1.165) is 39.0 Å². The van der Waals surface area contributed by atoms with E-state index in [1.165, 1.54) is 31.2 Å². The van der Waals surface area contributed by atoms with E-state index in [1.54, 1.807) is 0 Å². The minimum absolute atomic E-state index is 0. The maximum absolute atomic E-state index is 13.1. The summed E-state index contributed by atoms with van der Waals surface area (Å²) in [5.41, 5.74) is 7.79. The van der Waals surface area contributed by atoms with Crippen molar-refractivity contribution in [3.8, 4) is 0 Å². The van der Waals surface area contributed by atoms with Crippen LogP contribution in [0.3, 0.4) is 0 Å². The summed E-state index contributed by atoms with van der Waals surface area (Å²) >= 11 is 0. The lowest BCUT2D eigenvalue weighted by atomic mass is 9.65. The Bertz CT molecular complexity index is 630. The largest absolute Gasteiger partial charge is 0.345 e. The molecule has 3 fully saturated rings. The van der Waals surface area contributed by atoms with Crippen LogP contribution in [-0.4, -0.2) is 48.4 Å². The van der Waals surface area contributed by atoms with E-state index in [9.17, 15) is 4.79 Å². The lowest BCUT2D eigenvalue weighted by Crippen LogP contribution is -2.49. The molecule has 1 aromatic rings. The van der Waals surface area contributed by atoms with Crippen molar-refractivity contribution in [2.45, 2.75) is 51.1 Å². The van der Waals surface area contributed by atoms with Crippen molar-refractivity contribution in [1.29, 1.82) is 0 Å². The second-order valence-electron chi connectivity index (χ2n) is 9.29. The molecule has 3 unspecified atom stereocenters. The summed E-state index contributed by atoms with van der Waals surface area (Å²) < 4.78 is 0. The molecule has 4 rings (SSSR count). The van der Waals surface area contributed by atoms with E-state index in [1.807, 2.05) is 11.9 Å². The zero-order chi connectivity index (χ0) is 18.8. The molecular weight excluding hydrogens is 405 g/mol. The van der Waals surface area contributed by atoms with Gasteiger partial charge in [0.1, 0.15) is 0 Å². The Balaban J connectivity index is 0.00000150. The molecule has 1 saturated heterocycles. The smallest absolute Gasteiger partial charge is 0.225 e. The van der Waals surface area contributed by atoms with Gasteiger partial charge in [-0.1, -0.05) is 36.8 Å². The molecule has 3 atom stereocenters. The van der Waals surface area contributed by atoms with Crippen molar-refractivity contribution >= 4 is 30.7 Å². The summed E-state index contributed by atoms with van der Waals surface area (Å²) in [7, 11) is 2.02. The summed E-state index contributed by atoms with van der Waals surface area (Å²) in [6, 6.07) is 11.0. The molecule has 4 nitrogen and oxygen atoms in total. The molecule has 0 radical (unpaired) electrons. The Morgan fingerprint density at radius 2 is 1.76 bits per heavy atom. The Hall–Kier alpha value is -0.810. The van der Waals surface area contributed by atoms with Crippen LogP contribution in [0.2, 0.25) is 0 Å².